The lowest BCUT2D eigenvalue weighted by molar-refractivity contribution is 0.175. The first-order valence-electron chi connectivity index (χ1n) is 6.70. The number of nitrogens with one attached hydrogen (secondary N) is 2. The lowest BCUT2D eigenvalue weighted by Gasteiger charge is -2.14. The third-order valence-corrected chi connectivity index (χ3v) is 3.65. The van der Waals surface area contributed by atoms with Crippen LogP contribution in [-0.2, 0) is 0 Å². The Morgan fingerprint density at radius 3 is 2.64 bits per heavy atom. The van der Waals surface area contributed by atoms with Crippen molar-refractivity contribution in [1.82, 2.24) is 5.32 Å². The minimum Gasteiger partial charge on any atom is -0.387 e. The van der Waals surface area contributed by atoms with Gasteiger partial charge in [-0.05, 0) is 42.3 Å². The fourth-order valence-corrected chi connectivity index (χ4v) is 2.25. The van der Waals surface area contributed by atoms with Gasteiger partial charge in [-0.1, -0.05) is 34.1 Å². The van der Waals surface area contributed by atoms with Gasteiger partial charge in [0.15, 0.2) is 0 Å². The molecule has 4 nitrogen and oxygen atoms in total. The number of hydrogen-bond donors (Lipinski definition) is 3. The molecule has 0 bridgehead atoms. The Morgan fingerprint density at radius 2 is 1.95 bits per heavy atom. The molecule has 0 radical (unpaired) electrons. The van der Waals surface area contributed by atoms with Crippen LogP contribution in [0.1, 0.15) is 17.2 Å². The number of aryl methyl sites for hydroxylation is 1. The first-order chi connectivity index (χ1) is 10.5. The summed E-state index contributed by atoms with van der Waals surface area (Å²) in [4.78, 5) is 11.9. The van der Waals surface area contributed by atoms with Crippen LogP contribution in [-0.4, -0.2) is 17.7 Å². The largest absolute Gasteiger partial charge is 0.387 e. The second-order valence-corrected chi connectivity index (χ2v) is 5.78. The maximum atomic E-state index is 12.8. The van der Waals surface area contributed by atoms with Crippen LogP contribution in [0.4, 0.5) is 14.9 Å². The molecule has 0 aliphatic carbocycles. The molecule has 2 aromatic rings. The van der Waals surface area contributed by atoms with Crippen LogP contribution in [0, 0.1) is 12.7 Å². The average Bonchev–Trinajstić information content (AvgIpc) is 2.49. The Hall–Kier alpha value is -1.92. The maximum absolute atomic E-state index is 12.8. The summed E-state index contributed by atoms with van der Waals surface area (Å²) in [5, 5.41) is 15.3. The molecule has 0 saturated heterocycles. The number of rotatable bonds is 4. The lowest BCUT2D eigenvalue weighted by Crippen LogP contribution is -2.32. The summed E-state index contributed by atoms with van der Waals surface area (Å²) in [7, 11) is 0. The number of halogens is 2. The molecule has 1 unspecified atom stereocenters. The van der Waals surface area contributed by atoms with Gasteiger partial charge < -0.3 is 15.7 Å². The minimum absolute atomic E-state index is 0.0323. The Labute approximate surface area is 136 Å². The van der Waals surface area contributed by atoms with E-state index in [2.05, 4.69) is 26.6 Å². The normalized spacial score (nSPS) is 11.8. The summed E-state index contributed by atoms with van der Waals surface area (Å²) in [6, 6.07) is 10.7. The Balaban J connectivity index is 1.89. The van der Waals surface area contributed by atoms with Crippen molar-refractivity contribution in [2.45, 2.75) is 13.0 Å². The standard InChI is InChI=1S/C16H16BrFN2O2/c1-10-2-5-12(17)8-14(10)20-16(22)19-9-15(21)11-3-6-13(18)7-4-11/h2-8,15,21H,9H2,1H3,(H2,19,20,22). The molecular weight excluding hydrogens is 351 g/mol. The molecule has 0 saturated carbocycles. The van der Waals surface area contributed by atoms with Gasteiger partial charge >= 0.3 is 6.03 Å². The Kier molecular flexibility index (Phi) is 5.51. The van der Waals surface area contributed by atoms with Crippen LogP contribution < -0.4 is 10.6 Å². The van der Waals surface area contributed by atoms with E-state index >= 15 is 0 Å². The van der Waals surface area contributed by atoms with E-state index in [1.54, 1.807) is 6.07 Å². The fourth-order valence-electron chi connectivity index (χ4n) is 1.89. The predicted molar refractivity (Wildman–Crippen MR) is 87.3 cm³/mol. The summed E-state index contributed by atoms with van der Waals surface area (Å²) in [5.41, 5.74) is 2.15. The number of carbonyl (C=O) groups excluding carboxylic acids is 1. The summed E-state index contributed by atoms with van der Waals surface area (Å²) >= 11 is 3.34. The third kappa shape index (κ3) is 4.54. The quantitative estimate of drug-likeness (QED) is 0.771. The highest BCUT2D eigenvalue weighted by Crippen LogP contribution is 2.20. The number of urea groups is 1. The van der Waals surface area contributed by atoms with Crippen molar-refractivity contribution >= 4 is 27.6 Å². The van der Waals surface area contributed by atoms with Crippen molar-refractivity contribution in [3.8, 4) is 0 Å². The van der Waals surface area contributed by atoms with Gasteiger partial charge in [-0.15, -0.1) is 0 Å². The third-order valence-electron chi connectivity index (χ3n) is 3.16. The summed E-state index contributed by atoms with van der Waals surface area (Å²) in [6.07, 6.45) is -0.894. The molecule has 2 amide bonds. The van der Waals surface area contributed by atoms with Gasteiger partial charge in [0.05, 0.1) is 6.10 Å². The topological polar surface area (TPSA) is 61.4 Å². The second-order valence-electron chi connectivity index (χ2n) is 4.86. The van der Waals surface area contributed by atoms with E-state index < -0.39 is 12.1 Å². The molecule has 0 fully saturated rings. The number of aliphatic hydroxyl groups is 1. The number of hydrogen-bond acceptors (Lipinski definition) is 2. The van der Waals surface area contributed by atoms with E-state index in [1.807, 2.05) is 19.1 Å². The molecule has 2 aromatic carbocycles. The van der Waals surface area contributed by atoms with E-state index in [9.17, 15) is 14.3 Å². The number of aliphatic hydroxyl groups excluding tert-OH is 1. The smallest absolute Gasteiger partial charge is 0.319 e. The van der Waals surface area contributed by atoms with Crippen molar-refractivity contribution in [3.63, 3.8) is 0 Å². The zero-order chi connectivity index (χ0) is 16.1. The molecule has 0 spiro atoms. The molecular formula is C16H16BrFN2O2. The monoisotopic (exact) mass is 366 g/mol. The maximum Gasteiger partial charge on any atom is 0.319 e. The fraction of sp³-hybridized carbons (Fsp3) is 0.188. The molecule has 3 N–H and O–H groups in total. The van der Waals surface area contributed by atoms with E-state index in [-0.39, 0.29) is 12.4 Å². The van der Waals surface area contributed by atoms with Crippen LogP contribution in [0.15, 0.2) is 46.9 Å². The summed E-state index contributed by atoms with van der Waals surface area (Å²) in [6.45, 7) is 1.92. The molecule has 0 aliphatic rings. The molecule has 2 rings (SSSR count). The van der Waals surface area contributed by atoms with Gasteiger partial charge in [0, 0.05) is 16.7 Å². The number of carbonyl (C=O) groups is 1. The molecule has 1 atom stereocenters. The van der Waals surface area contributed by atoms with Crippen molar-refractivity contribution in [2.24, 2.45) is 0 Å². The van der Waals surface area contributed by atoms with Gasteiger partial charge in [0.2, 0.25) is 0 Å². The van der Waals surface area contributed by atoms with E-state index in [0.717, 1.165) is 10.0 Å². The SMILES string of the molecule is Cc1ccc(Br)cc1NC(=O)NCC(O)c1ccc(F)cc1. The average molecular weight is 367 g/mol. The predicted octanol–water partition coefficient (Wildman–Crippen LogP) is 3.75. The van der Waals surface area contributed by atoms with Crippen molar-refractivity contribution in [3.05, 3.63) is 63.9 Å². The van der Waals surface area contributed by atoms with Gasteiger partial charge in [-0.2, -0.15) is 0 Å². The van der Waals surface area contributed by atoms with Gasteiger partial charge in [0.25, 0.3) is 0 Å². The summed E-state index contributed by atoms with van der Waals surface area (Å²) < 4.78 is 13.7. The van der Waals surface area contributed by atoms with E-state index in [4.69, 9.17) is 0 Å². The van der Waals surface area contributed by atoms with Gasteiger partial charge in [-0.3, -0.25) is 0 Å². The van der Waals surface area contributed by atoms with Crippen LogP contribution in [0.2, 0.25) is 0 Å². The summed E-state index contributed by atoms with van der Waals surface area (Å²) in [5.74, 6) is -0.369. The lowest BCUT2D eigenvalue weighted by atomic mass is 10.1. The number of amides is 2. The first-order valence-corrected chi connectivity index (χ1v) is 7.49. The zero-order valence-corrected chi connectivity index (χ0v) is 13.5. The molecule has 0 aromatic heterocycles. The first kappa shape index (κ1) is 16.5. The van der Waals surface area contributed by atoms with Crippen molar-refractivity contribution in [2.75, 3.05) is 11.9 Å². The van der Waals surface area contributed by atoms with Crippen molar-refractivity contribution in [1.29, 1.82) is 0 Å². The van der Waals surface area contributed by atoms with Crippen LogP contribution in [0.25, 0.3) is 0 Å². The highest BCUT2D eigenvalue weighted by atomic mass is 79.9. The number of anilines is 1. The van der Waals surface area contributed by atoms with Gasteiger partial charge in [-0.25, -0.2) is 9.18 Å². The minimum atomic E-state index is -0.894. The van der Waals surface area contributed by atoms with Crippen molar-refractivity contribution < 1.29 is 14.3 Å². The molecule has 116 valence electrons. The highest BCUT2D eigenvalue weighted by molar-refractivity contribution is 9.10. The van der Waals surface area contributed by atoms with Crippen LogP contribution in [0.3, 0.4) is 0 Å². The molecule has 0 heterocycles. The zero-order valence-electron chi connectivity index (χ0n) is 11.9. The number of benzene rings is 2. The Morgan fingerprint density at radius 1 is 1.27 bits per heavy atom. The second kappa shape index (κ2) is 7.38. The Bertz CT molecular complexity index is 662. The van der Waals surface area contributed by atoms with Crippen LogP contribution >= 0.6 is 15.9 Å². The molecule has 0 aliphatic heterocycles. The van der Waals surface area contributed by atoms with E-state index in [0.29, 0.717) is 11.3 Å². The molecule has 22 heavy (non-hydrogen) atoms. The molecule has 6 heteroatoms. The van der Waals surface area contributed by atoms with E-state index in [1.165, 1.54) is 24.3 Å². The highest BCUT2D eigenvalue weighted by Gasteiger charge is 2.10. The van der Waals surface area contributed by atoms with Gasteiger partial charge in [0.1, 0.15) is 5.82 Å². The van der Waals surface area contributed by atoms with Crippen LogP contribution in [0.5, 0.6) is 0 Å².